The molecule has 6 heteroatoms. The second-order valence-electron chi connectivity index (χ2n) is 20.2. The minimum absolute atomic E-state index is 0.497. The summed E-state index contributed by atoms with van der Waals surface area (Å²) in [7, 11) is 0. The third-order valence-electron chi connectivity index (χ3n) is 16.2. The standard InChI is InChI=1S/C71H42N6/c72-43-49-38-48(70-74-68(44-18-4-1-5-19-44)73-69(75-70)45-20-6-2-7-21-45)34-36-63(49)77-65-31-17-13-27-54(65)58-41-56-55-39-46(47-33-37-66-57(40-47)53-26-12-16-30-64(53)76(66)50-22-8-3-9-23-50)32-35-61(55)71(62(56)42-67(58)77)59-28-14-10-24-51(59)52-25-11-15-29-60(52)71/h1-42H. The maximum absolute atomic E-state index is 11.2. The summed E-state index contributed by atoms with van der Waals surface area (Å²) in [6.45, 7) is 0. The van der Waals surface area contributed by atoms with E-state index in [0.29, 0.717) is 23.0 Å². The zero-order chi connectivity index (χ0) is 50.8. The molecule has 14 aromatic rings. The molecule has 0 bridgehead atoms. The van der Waals surface area contributed by atoms with E-state index in [2.05, 4.69) is 197 Å². The summed E-state index contributed by atoms with van der Waals surface area (Å²) < 4.78 is 4.67. The number of nitrogens with zero attached hydrogens (tertiary/aromatic N) is 6. The van der Waals surface area contributed by atoms with Crippen molar-refractivity contribution in [2.75, 3.05) is 0 Å². The van der Waals surface area contributed by atoms with Gasteiger partial charge in [-0.3, -0.25) is 0 Å². The Balaban J connectivity index is 0.914. The van der Waals surface area contributed by atoms with Gasteiger partial charge in [-0.25, -0.2) is 15.0 Å². The number of benzene rings is 11. The van der Waals surface area contributed by atoms with Gasteiger partial charge in [-0.2, -0.15) is 5.26 Å². The first-order valence-corrected chi connectivity index (χ1v) is 26.1. The highest BCUT2D eigenvalue weighted by Crippen LogP contribution is 2.64. The van der Waals surface area contributed by atoms with Gasteiger partial charge in [0.1, 0.15) is 6.07 Å². The van der Waals surface area contributed by atoms with E-state index in [1.165, 1.54) is 71.9 Å². The fourth-order valence-corrected chi connectivity index (χ4v) is 12.9. The topological polar surface area (TPSA) is 72.3 Å². The van der Waals surface area contributed by atoms with Crippen molar-refractivity contribution in [3.05, 3.63) is 283 Å². The second-order valence-corrected chi connectivity index (χ2v) is 20.2. The molecule has 0 unspecified atom stereocenters. The van der Waals surface area contributed by atoms with Gasteiger partial charge in [-0.05, 0) is 128 Å². The second kappa shape index (κ2) is 16.5. The van der Waals surface area contributed by atoms with Crippen LogP contribution in [-0.4, -0.2) is 24.1 Å². The zero-order valence-electron chi connectivity index (χ0n) is 41.4. The van der Waals surface area contributed by atoms with Crippen molar-refractivity contribution in [3.8, 4) is 85.0 Å². The maximum atomic E-state index is 11.2. The molecular weight excluding hydrogens is 937 g/mol. The largest absolute Gasteiger partial charge is 0.309 e. The summed E-state index contributed by atoms with van der Waals surface area (Å²) in [6, 6.07) is 93.5. The first kappa shape index (κ1) is 43.0. The minimum atomic E-state index is -0.605. The summed E-state index contributed by atoms with van der Waals surface area (Å²) in [5.74, 6) is 1.63. The van der Waals surface area contributed by atoms with E-state index >= 15 is 0 Å². The lowest BCUT2D eigenvalue weighted by atomic mass is 9.70. The molecule has 3 aromatic heterocycles. The van der Waals surface area contributed by atoms with Gasteiger partial charge in [-0.15, -0.1) is 0 Å². The molecule has 1 spiro atoms. The van der Waals surface area contributed by atoms with Gasteiger partial charge in [0.25, 0.3) is 0 Å². The highest BCUT2D eigenvalue weighted by molar-refractivity contribution is 6.14. The Morgan fingerprint density at radius 1 is 0.312 bits per heavy atom. The predicted octanol–water partition coefficient (Wildman–Crippen LogP) is 16.9. The molecule has 0 saturated heterocycles. The van der Waals surface area contributed by atoms with Crippen LogP contribution >= 0.6 is 0 Å². The molecule has 0 radical (unpaired) electrons. The Kier molecular flexibility index (Phi) is 9.22. The van der Waals surface area contributed by atoms with Crippen LogP contribution in [0, 0.1) is 11.3 Å². The predicted molar refractivity (Wildman–Crippen MR) is 311 cm³/mol. The van der Waals surface area contributed by atoms with E-state index in [9.17, 15) is 5.26 Å². The van der Waals surface area contributed by atoms with Gasteiger partial charge in [0.2, 0.25) is 0 Å². The monoisotopic (exact) mass is 978 g/mol. The number of rotatable bonds is 6. The average Bonchev–Trinajstić information content (AvgIpc) is 4.30. The number of nitriles is 1. The van der Waals surface area contributed by atoms with Crippen molar-refractivity contribution in [2.45, 2.75) is 5.41 Å². The maximum Gasteiger partial charge on any atom is 0.164 e. The van der Waals surface area contributed by atoms with E-state index in [1.54, 1.807) is 0 Å². The summed E-state index contributed by atoms with van der Waals surface area (Å²) in [4.78, 5) is 15.0. The third kappa shape index (κ3) is 6.20. The lowest BCUT2D eigenvalue weighted by molar-refractivity contribution is 0.794. The summed E-state index contributed by atoms with van der Waals surface area (Å²) >= 11 is 0. The Morgan fingerprint density at radius 3 is 1.44 bits per heavy atom. The van der Waals surface area contributed by atoms with Gasteiger partial charge in [0.15, 0.2) is 17.5 Å². The van der Waals surface area contributed by atoms with Gasteiger partial charge in [-0.1, -0.05) is 182 Å². The van der Waals surface area contributed by atoms with Crippen LogP contribution in [0.4, 0.5) is 0 Å². The summed E-state index contributed by atoms with van der Waals surface area (Å²) in [5, 5.41) is 15.9. The molecule has 11 aromatic carbocycles. The minimum Gasteiger partial charge on any atom is -0.309 e. The Morgan fingerprint density at radius 2 is 0.792 bits per heavy atom. The number of fused-ring (bicyclic) bond motifs is 16. The SMILES string of the molecule is N#Cc1cc(-c2nc(-c3ccccc3)nc(-c3ccccc3)n2)ccc1-n1c2ccccc2c2cc3c(cc21)C1(c2ccccc2-c2ccccc21)c1ccc(-c2ccc4c(c2)c2ccccc2n4-c2ccccc2)cc1-3. The Bertz CT molecular complexity index is 4710. The van der Waals surface area contributed by atoms with E-state index in [4.69, 9.17) is 15.0 Å². The van der Waals surface area contributed by atoms with Crippen molar-refractivity contribution < 1.29 is 0 Å². The van der Waals surface area contributed by atoms with Crippen molar-refractivity contribution in [1.29, 1.82) is 5.26 Å². The zero-order valence-corrected chi connectivity index (χ0v) is 41.4. The normalized spacial score (nSPS) is 12.8. The number of hydrogen-bond donors (Lipinski definition) is 0. The molecule has 356 valence electrons. The molecule has 0 atom stereocenters. The van der Waals surface area contributed by atoms with Crippen LogP contribution in [0.5, 0.6) is 0 Å². The smallest absolute Gasteiger partial charge is 0.164 e. The molecular formula is C71H42N6. The van der Waals surface area contributed by atoms with Crippen LogP contribution < -0.4 is 0 Å². The highest BCUT2D eigenvalue weighted by atomic mass is 15.0. The molecule has 2 aliphatic carbocycles. The van der Waals surface area contributed by atoms with Gasteiger partial charge < -0.3 is 9.13 Å². The molecule has 0 saturated carbocycles. The number of hydrogen-bond acceptors (Lipinski definition) is 4. The van der Waals surface area contributed by atoms with Gasteiger partial charge >= 0.3 is 0 Å². The lowest BCUT2D eigenvalue weighted by Crippen LogP contribution is -2.25. The molecule has 3 heterocycles. The van der Waals surface area contributed by atoms with Crippen LogP contribution in [0.15, 0.2) is 255 Å². The van der Waals surface area contributed by atoms with E-state index in [0.717, 1.165) is 55.4 Å². The number of para-hydroxylation sites is 3. The van der Waals surface area contributed by atoms with E-state index in [1.807, 2.05) is 72.8 Å². The molecule has 0 aliphatic heterocycles. The van der Waals surface area contributed by atoms with Crippen molar-refractivity contribution in [3.63, 3.8) is 0 Å². The van der Waals surface area contributed by atoms with Crippen LogP contribution in [0.1, 0.15) is 27.8 Å². The molecule has 0 fully saturated rings. The highest BCUT2D eigenvalue weighted by Gasteiger charge is 2.52. The molecule has 0 N–H and O–H groups in total. The van der Waals surface area contributed by atoms with Gasteiger partial charge in [0.05, 0.1) is 38.7 Å². The van der Waals surface area contributed by atoms with E-state index < -0.39 is 5.41 Å². The van der Waals surface area contributed by atoms with E-state index in [-0.39, 0.29) is 0 Å². The fourth-order valence-electron chi connectivity index (χ4n) is 12.9. The lowest BCUT2D eigenvalue weighted by Gasteiger charge is -2.30. The van der Waals surface area contributed by atoms with Crippen LogP contribution in [-0.2, 0) is 5.41 Å². The summed E-state index contributed by atoms with van der Waals surface area (Å²) in [6.07, 6.45) is 0. The Hall–Kier alpha value is -10.5. The third-order valence-corrected chi connectivity index (χ3v) is 16.2. The van der Waals surface area contributed by atoms with Gasteiger partial charge in [0, 0.05) is 43.9 Å². The van der Waals surface area contributed by atoms with Crippen molar-refractivity contribution in [2.24, 2.45) is 0 Å². The molecule has 16 rings (SSSR count). The van der Waals surface area contributed by atoms with Crippen LogP contribution in [0.2, 0.25) is 0 Å². The molecule has 6 nitrogen and oxygen atoms in total. The quantitative estimate of drug-likeness (QED) is 0.166. The average molecular weight is 979 g/mol. The van der Waals surface area contributed by atoms with Crippen molar-refractivity contribution in [1.82, 2.24) is 24.1 Å². The molecule has 2 aliphatic rings. The van der Waals surface area contributed by atoms with Crippen molar-refractivity contribution >= 4 is 43.6 Å². The fraction of sp³-hybridized carbons (Fsp3) is 0.0141. The van der Waals surface area contributed by atoms with Crippen LogP contribution in [0.25, 0.3) is 123 Å². The van der Waals surface area contributed by atoms with Crippen LogP contribution in [0.3, 0.4) is 0 Å². The first-order chi connectivity index (χ1) is 38.1. The first-order valence-electron chi connectivity index (χ1n) is 26.1. The molecule has 77 heavy (non-hydrogen) atoms. The Labute approximate surface area is 443 Å². The molecule has 0 amide bonds. The number of aromatic nitrogens is 5. The summed E-state index contributed by atoms with van der Waals surface area (Å²) in [5.41, 5.74) is 21.0.